The molecule has 0 unspecified atom stereocenters. The predicted octanol–water partition coefficient (Wildman–Crippen LogP) is 3.04. The van der Waals surface area contributed by atoms with Gasteiger partial charge in [-0.2, -0.15) is 11.3 Å². The van der Waals surface area contributed by atoms with Gasteiger partial charge in [0.1, 0.15) is 12.3 Å². The van der Waals surface area contributed by atoms with Crippen molar-refractivity contribution in [2.45, 2.75) is 25.5 Å². The summed E-state index contributed by atoms with van der Waals surface area (Å²) in [6, 6.07) is 9.53. The lowest BCUT2D eigenvalue weighted by Crippen LogP contribution is -2.39. The second-order valence-electron chi connectivity index (χ2n) is 7.72. The molecule has 0 bridgehead atoms. The van der Waals surface area contributed by atoms with E-state index in [1.54, 1.807) is 23.0 Å². The molecule has 154 valence electrons. The molecule has 0 spiro atoms. The SMILES string of the molecule is COc1cccc(CN2C[C@@H](OCC3CC3)CN(C(=O)c3ccsc3)CC2=O)c1. The number of hydrogen-bond acceptors (Lipinski definition) is 5. The summed E-state index contributed by atoms with van der Waals surface area (Å²) >= 11 is 1.48. The lowest BCUT2D eigenvalue weighted by atomic mass is 10.2. The molecule has 1 aromatic carbocycles. The summed E-state index contributed by atoms with van der Waals surface area (Å²) in [6.45, 7) is 2.16. The molecule has 1 aliphatic carbocycles. The molecule has 0 N–H and O–H groups in total. The van der Waals surface area contributed by atoms with E-state index in [2.05, 4.69) is 0 Å². The largest absolute Gasteiger partial charge is 0.497 e. The third-order valence-electron chi connectivity index (χ3n) is 5.35. The molecule has 29 heavy (non-hydrogen) atoms. The monoisotopic (exact) mass is 414 g/mol. The Morgan fingerprint density at radius 3 is 2.83 bits per heavy atom. The minimum atomic E-state index is -0.185. The van der Waals surface area contributed by atoms with Gasteiger partial charge in [-0.3, -0.25) is 9.59 Å². The number of methoxy groups -OCH3 is 1. The molecule has 1 aliphatic heterocycles. The van der Waals surface area contributed by atoms with Crippen molar-refractivity contribution in [1.82, 2.24) is 9.80 Å². The Kier molecular flexibility index (Phi) is 6.16. The van der Waals surface area contributed by atoms with Crippen molar-refractivity contribution in [1.29, 1.82) is 0 Å². The average Bonchev–Trinajstić information content (AvgIpc) is 3.43. The minimum absolute atomic E-state index is 0.0612. The van der Waals surface area contributed by atoms with Crippen molar-refractivity contribution < 1.29 is 19.1 Å². The lowest BCUT2D eigenvalue weighted by Gasteiger charge is -2.25. The summed E-state index contributed by atoms with van der Waals surface area (Å²) in [6.07, 6.45) is 2.23. The third kappa shape index (κ3) is 5.16. The smallest absolute Gasteiger partial charge is 0.255 e. The maximum absolute atomic E-state index is 13.0. The Bertz CT molecular complexity index is 850. The zero-order chi connectivity index (χ0) is 20.2. The second kappa shape index (κ2) is 8.97. The Hall–Kier alpha value is -2.38. The highest BCUT2D eigenvalue weighted by atomic mass is 32.1. The van der Waals surface area contributed by atoms with Crippen LogP contribution in [0.25, 0.3) is 0 Å². The van der Waals surface area contributed by atoms with Crippen LogP contribution in [0.2, 0.25) is 0 Å². The molecule has 1 saturated carbocycles. The number of carbonyl (C=O) groups is 2. The van der Waals surface area contributed by atoms with E-state index in [-0.39, 0.29) is 24.5 Å². The van der Waals surface area contributed by atoms with Gasteiger partial charge in [-0.05, 0) is 47.9 Å². The Morgan fingerprint density at radius 1 is 1.24 bits per heavy atom. The Labute approximate surface area is 175 Å². The predicted molar refractivity (Wildman–Crippen MR) is 111 cm³/mol. The van der Waals surface area contributed by atoms with Gasteiger partial charge < -0.3 is 19.3 Å². The van der Waals surface area contributed by atoms with E-state index in [1.807, 2.05) is 35.0 Å². The quantitative estimate of drug-likeness (QED) is 0.699. The molecule has 7 heteroatoms. The molecule has 2 amide bonds. The van der Waals surface area contributed by atoms with Gasteiger partial charge in [-0.25, -0.2) is 0 Å². The summed E-state index contributed by atoms with van der Waals surface area (Å²) in [5, 5.41) is 3.70. The average molecular weight is 415 g/mol. The highest BCUT2D eigenvalue weighted by Gasteiger charge is 2.33. The van der Waals surface area contributed by atoms with Crippen molar-refractivity contribution in [2.24, 2.45) is 5.92 Å². The lowest BCUT2D eigenvalue weighted by molar-refractivity contribution is -0.132. The van der Waals surface area contributed by atoms with Crippen LogP contribution >= 0.6 is 11.3 Å². The molecule has 1 aromatic heterocycles. The fraction of sp³-hybridized carbons (Fsp3) is 0.455. The molecule has 0 radical (unpaired) electrons. The molecule has 2 aromatic rings. The molecule has 1 saturated heterocycles. The molecular formula is C22H26N2O4S. The molecule has 4 rings (SSSR count). The topological polar surface area (TPSA) is 59.1 Å². The summed E-state index contributed by atoms with van der Waals surface area (Å²) in [7, 11) is 1.63. The van der Waals surface area contributed by atoms with E-state index in [0.29, 0.717) is 37.7 Å². The molecule has 2 heterocycles. The summed E-state index contributed by atoms with van der Waals surface area (Å²) in [5.41, 5.74) is 1.63. The highest BCUT2D eigenvalue weighted by molar-refractivity contribution is 7.08. The van der Waals surface area contributed by atoms with Gasteiger partial charge in [0, 0.05) is 31.6 Å². The van der Waals surface area contributed by atoms with Crippen molar-refractivity contribution in [3.05, 3.63) is 52.2 Å². The van der Waals surface area contributed by atoms with E-state index in [0.717, 1.165) is 11.3 Å². The number of hydrogen-bond donors (Lipinski definition) is 0. The molecular weight excluding hydrogens is 388 g/mol. The first-order valence-corrected chi connectivity index (χ1v) is 10.9. The van der Waals surface area contributed by atoms with Gasteiger partial charge in [0.05, 0.1) is 18.8 Å². The summed E-state index contributed by atoms with van der Waals surface area (Å²) < 4.78 is 11.4. The Morgan fingerprint density at radius 2 is 2.10 bits per heavy atom. The van der Waals surface area contributed by atoms with Crippen LogP contribution in [-0.4, -0.2) is 61.1 Å². The molecule has 6 nitrogen and oxygen atoms in total. The number of ether oxygens (including phenoxy) is 2. The fourth-order valence-corrected chi connectivity index (χ4v) is 4.14. The van der Waals surface area contributed by atoms with Crippen LogP contribution in [0.15, 0.2) is 41.1 Å². The number of rotatable bonds is 7. The standard InChI is InChI=1S/C22H26N2O4S/c1-27-19-4-2-3-17(9-19)10-23-11-20(28-14-16-5-6-16)12-24(13-21(23)25)22(26)18-7-8-29-15-18/h2-4,7-9,15-16,20H,5-6,10-14H2,1H3/t20-/m1/s1. The molecule has 2 fully saturated rings. The van der Waals surface area contributed by atoms with Gasteiger partial charge in [0.25, 0.3) is 5.91 Å². The number of nitrogens with zero attached hydrogens (tertiary/aromatic N) is 2. The number of amides is 2. The van der Waals surface area contributed by atoms with Crippen molar-refractivity contribution in [2.75, 3.05) is 33.4 Å². The van der Waals surface area contributed by atoms with Gasteiger partial charge in [-0.15, -0.1) is 0 Å². The van der Waals surface area contributed by atoms with Crippen LogP contribution in [-0.2, 0) is 16.1 Å². The number of carbonyl (C=O) groups excluding carboxylic acids is 2. The van der Waals surface area contributed by atoms with Gasteiger partial charge >= 0.3 is 0 Å². The van der Waals surface area contributed by atoms with Crippen LogP contribution in [0.1, 0.15) is 28.8 Å². The van der Waals surface area contributed by atoms with E-state index >= 15 is 0 Å². The van der Waals surface area contributed by atoms with Crippen LogP contribution in [0.4, 0.5) is 0 Å². The van der Waals surface area contributed by atoms with Gasteiger partial charge in [0.2, 0.25) is 5.91 Å². The Balaban J connectivity index is 1.50. The van der Waals surface area contributed by atoms with Crippen LogP contribution in [0.5, 0.6) is 5.75 Å². The van der Waals surface area contributed by atoms with Crippen LogP contribution < -0.4 is 4.74 Å². The van der Waals surface area contributed by atoms with E-state index in [9.17, 15) is 9.59 Å². The van der Waals surface area contributed by atoms with E-state index in [1.165, 1.54) is 24.2 Å². The molecule has 1 atom stereocenters. The van der Waals surface area contributed by atoms with Gasteiger partial charge in [-0.1, -0.05) is 12.1 Å². The summed E-state index contributed by atoms with van der Waals surface area (Å²) in [5.74, 6) is 1.22. The van der Waals surface area contributed by atoms with Gasteiger partial charge in [0.15, 0.2) is 0 Å². The maximum atomic E-state index is 13.0. The van der Waals surface area contributed by atoms with Crippen molar-refractivity contribution >= 4 is 23.2 Å². The third-order valence-corrected chi connectivity index (χ3v) is 6.04. The first-order chi connectivity index (χ1) is 14.1. The van der Waals surface area contributed by atoms with Crippen molar-refractivity contribution in [3.8, 4) is 5.75 Å². The van der Waals surface area contributed by atoms with E-state index < -0.39 is 0 Å². The van der Waals surface area contributed by atoms with E-state index in [4.69, 9.17) is 9.47 Å². The van der Waals surface area contributed by atoms with Crippen LogP contribution in [0.3, 0.4) is 0 Å². The first kappa shape index (κ1) is 19.9. The number of thiophene rings is 1. The normalized spacial score (nSPS) is 19.9. The second-order valence-corrected chi connectivity index (χ2v) is 8.50. The summed E-state index contributed by atoms with van der Waals surface area (Å²) in [4.78, 5) is 29.3. The van der Waals surface area contributed by atoms with Crippen molar-refractivity contribution in [3.63, 3.8) is 0 Å². The van der Waals surface area contributed by atoms with Crippen LogP contribution in [0, 0.1) is 5.92 Å². The highest BCUT2D eigenvalue weighted by Crippen LogP contribution is 2.29. The zero-order valence-electron chi connectivity index (χ0n) is 16.6. The fourth-order valence-electron chi connectivity index (χ4n) is 3.51. The number of benzene rings is 1. The maximum Gasteiger partial charge on any atom is 0.255 e. The first-order valence-electron chi connectivity index (χ1n) is 9.96. The minimum Gasteiger partial charge on any atom is -0.497 e. The zero-order valence-corrected chi connectivity index (χ0v) is 17.4. The molecule has 2 aliphatic rings.